The maximum absolute atomic E-state index is 12.5. The molecule has 1 fully saturated rings. The summed E-state index contributed by atoms with van der Waals surface area (Å²) in [6, 6.07) is 0. The van der Waals surface area contributed by atoms with Crippen LogP contribution < -0.4 is 16.6 Å². The van der Waals surface area contributed by atoms with E-state index >= 15 is 0 Å². The van der Waals surface area contributed by atoms with Crippen molar-refractivity contribution in [3.05, 3.63) is 23.8 Å². The van der Waals surface area contributed by atoms with Crippen LogP contribution in [-0.2, 0) is 0 Å². The second-order valence-corrected chi connectivity index (χ2v) is 3.15. The molecule has 2 aliphatic heterocycles. The van der Waals surface area contributed by atoms with Crippen LogP contribution in [0.15, 0.2) is 23.8 Å². The Hall–Kier alpha value is -1.46. The molecule has 0 aromatic carbocycles. The molecule has 0 radical (unpaired) electrons. The predicted octanol–water partition coefficient (Wildman–Crippen LogP) is -0.313. The number of rotatable bonds is 1. The van der Waals surface area contributed by atoms with Gasteiger partial charge in [-0.3, -0.25) is 5.43 Å². The lowest BCUT2D eigenvalue weighted by atomic mass is 10.1. The van der Waals surface area contributed by atoms with Crippen molar-refractivity contribution in [3.63, 3.8) is 0 Å². The predicted molar refractivity (Wildman–Crippen MR) is 43.1 cm³/mol. The summed E-state index contributed by atoms with van der Waals surface area (Å²) in [7, 11) is 0. The zero-order chi connectivity index (χ0) is 9.47. The summed E-state index contributed by atoms with van der Waals surface area (Å²) >= 11 is 0. The first-order valence-electron chi connectivity index (χ1n) is 3.88. The van der Waals surface area contributed by atoms with E-state index < -0.39 is 5.92 Å². The second kappa shape index (κ2) is 2.51. The minimum atomic E-state index is -2.55. The van der Waals surface area contributed by atoms with Crippen LogP contribution in [0, 0.1) is 0 Å². The van der Waals surface area contributed by atoms with Gasteiger partial charge in [0.25, 0.3) is 5.92 Å². The summed E-state index contributed by atoms with van der Waals surface area (Å²) in [6.45, 7) is -0.464. The van der Waals surface area contributed by atoms with Gasteiger partial charge in [-0.15, -0.1) is 0 Å². The van der Waals surface area contributed by atoms with Crippen LogP contribution in [0.4, 0.5) is 8.78 Å². The first-order valence-corrected chi connectivity index (χ1v) is 3.88. The van der Waals surface area contributed by atoms with Gasteiger partial charge in [0.2, 0.25) is 0 Å². The number of hydrogen-bond acceptors (Lipinski definition) is 4. The summed E-state index contributed by atoms with van der Waals surface area (Å²) < 4.78 is 25.0. The van der Waals surface area contributed by atoms with E-state index in [0.29, 0.717) is 11.5 Å². The maximum Gasteiger partial charge on any atom is 0.282 e. The van der Waals surface area contributed by atoms with Crippen LogP contribution in [0.2, 0.25) is 0 Å². The number of hydrazine groups is 1. The smallest absolute Gasteiger partial charge is 0.282 e. The molecular weight excluding hydrogens is 178 g/mol. The molecule has 13 heavy (non-hydrogen) atoms. The number of alkyl halides is 2. The van der Waals surface area contributed by atoms with Crippen molar-refractivity contribution >= 4 is 0 Å². The first kappa shape index (κ1) is 8.15. The van der Waals surface area contributed by atoms with Crippen molar-refractivity contribution in [1.82, 2.24) is 15.8 Å². The van der Waals surface area contributed by atoms with Gasteiger partial charge in [-0.1, -0.05) is 0 Å². The highest BCUT2D eigenvalue weighted by atomic mass is 19.3. The van der Waals surface area contributed by atoms with E-state index in [1.54, 1.807) is 17.2 Å². The fourth-order valence-corrected chi connectivity index (χ4v) is 1.31. The molecule has 0 unspecified atom stereocenters. The van der Waals surface area contributed by atoms with Crippen molar-refractivity contribution in [2.24, 2.45) is 5.73 Å². The Morgan fingerprint density at radius 3 is 2.69 bits per heavy atom. The summed E-state index contributed by atoms with van der Waals surface area (Å²) in [5, 5.41) is 0. The quantitative estimate of drug-likeness (QED) is 0.528. The molecule has 0 aliphatic carbocycles. The lowest BCUT2D eigenvalue weighted by molar-refractivity contribution is -0.114. The van der Waals surface area contributed by atoms with E-state index in [9.17, 15) is 8.78 Å². The van der Waals surface area contributed by atoms with Crippen molar-refractivity contribution in [3.8, 4) is 0 Å². The normalized spacial score (nSPS) is 24.9. The standard InChI is InChI=1S/C7H10F2N4/c8-7(9)3-13(4-7)5-1-6(10)12-11-2-5/h1-2,11-12H,3-4,10H2. The van der Waals surface area contributed by atoms with E-state index in [0.717, 1.165) is 0 Å². The zero-order valence-electron chi connectivity index (χ0n) is 6.85. The molecule has 0 spiro atoms. The summed E-state index contributed by atoms with van der Waals surface area (Å²) in [4.78, 5) is 1.56. The molecule has 72 valence electrons. The zero-order valence-corrected chi connectivity index (χ0v) is 6.85. The Labute approximate surface area is 74.0 Å². The maximum atomic E-state index is 12.5. The molecule has 0 bridgehead atoms. The highest BCUT2D eigenvalue weighted by molar-refractivity contribution is 5.25. The van der Waals surface area contributed by atoms with Crippen LogP contribution in [0.3, 0.4) is 0 Å². The molecule has 6 heteroatoms. The van der Waals surface area contributed by atoms with Gasteiger partial charge >= 0.3 is 0 Å². The average molecular weight is 188 g/mol. The number of hydrogen-bond donors (Lipinski definition) is 3. The van der Waals surface area contributed by atoms with Gasteiger partial charge < -0.3 is 16.1 Å². The van der Waals surface area contributed by atoms with Gasteiger partial charge in [0.1, 0.15) is 5.82 Å². The van der Waals surface area contributed by atoms with Gasteiger partial charge in [-0.25, -0.2) is 8.78 Å². The van der Waals surface area contributed by atoms with Crippen molar-refractivity contribution in [2.75, 3.05) is 13.1 Å². The summed E-state index contributed by atoms with van der Waals surface area (Å²) in [5.74, 6) is -2.12. The Bertz CT molecular complexity index is 276. The topological polar surface area (TPSA) is 53.3 Å². The van der Waals surface area contributed by atoms with Crippen LogP contribution in [0.25, 0.3) is 0 Å². The Morgan fingerprint density at radius 1 is 1.46 bits per heavy atom. The molecule has 2 rings (SSSR count). The highest BCUT2D eigenvalue weighted by Gasteiger charge is 2.44. The molecule has 4 nitrogen and oxygen atoms in total. The average Bonchev–Trinajstić information content (AvgIpc) is 2.00. The molecule has 4 N–H and O–H groups in total. The molecule has 0 aromatic rings. The van der Waals surface area contributed by atoms with Crippen LogP contribution in [0.5, 0.6) is 0 Å². The Morgan fingerprint density at radius 2 is 2.15 bits per heavy atom. The van der Waals surface area contributed by atoms with Gasteiger partial charge in [-0.2, -0.15) is 0 Å². The van der Waals surface area contributed by atoms with Gasteiger partial charge in [-0.05, 0) is 0 Å². The van der Waals surface area contributed by atoms with Gasteiger partial charge in [0.15, 0.2) is 0 Å². The lowest BCUT2D eigenvalue weighted by Crippen LogP contribution is -2.56. The number of halogens is 2. The van der Waals surface area contributed by atoms with E-state index in [1.807, 2.05) is 0 Å². The molecule has 0 aromatic heterocycles. The van der Waals surface area contributed by atoms with Crippen LogP contribution in [-0.4, -0.2) is 23.9 Å². The third-order valence-electron chi connectivity index (χ3n) is 1.95. The molecule has 0 saturated carbocycles. The number of allylic oxidation sites excluding steroid dienone is 1. The van der Waals surface area contributed by atoms with Crippen molar-refractivity contribution in [2.45, 2.75) is 5.92 Å². The molecule has 0 atom stereocenters. The lowest BCUT2D eigenvalue weighted by Gasteiger charge is -2.41. The highest BCUT2D eigenvalue weighted by Crippen LogP contribution is 2.30. The third kappa shape index (κ3) is 1.51. The minimum Gasteiger partial charge on any atom is -0.384 e. The molecular formula is C7H10F2N4. The second-order valence-electron chi connectivity index (χ2n) is 3.15. The van der Waals surface area contributed by atoms with Crippen molar-refractivity contribution in [1.29, 1.82) is 0 Å². The van der Waals surface area contributed by atoms with E-state index in [-0.39, 0.29) is 13.1 Å². The Kier molecular flexibility index (Phi) is 1.58. The molecule has 2 heterocycles. The SMILES string of the molecule is NC1=CC(N2CC(F)(F)C2)=CNN1. The van der Waals surface area contributed by atoms with E-state index in [1.165, 1.54) is 0 Å². The first-order chi connectivity index (χ1) is 6.07. The fourth-order valence-electron chi connectivity index (χ4n) is 1.31. The van der Waals surface area contributed by atoms with Gasteiger partial charge in [0.05, 0.1) is 18.8 Å². The van der Waals surface area contributed by atoms with E-state index in [2.05, 4.69) is 10.9 Å². The van der Waals surface area contributed by atoms with Crippen molar-refractivity contribution < 1.29 is 8.78 Å². The number of nitrogens with zero attached hydrogens (tertiary/aromatic N) is 1. The number of nitrogens with one attached hydrogen (secondary N) is 2. The molecule has 2 aliphatic rings. The van der Waals surface area contributed by atoms with Crippen LogP contribution >= 0.6 is 0 Å². The summed E-state index contributed by atoms with van der Waals surface area (Å²) in [5.41, 5.74) is 11.4. The Balaban J connectivity index is 2.00. The molecule has 0 amide bonds. The van der Waals surface area contributed by atoms with Crippen LogP contribution in [0.1, 0.15) is 0 Å². The third-order valence-corrected chi connectivity index (χ3v) is 1.95. The van der Waals surface area contributed by atoms with Gasteiger partial charge in [0, 0.05) is 12.3 Å². The minimum absolute atomic E-state index is 0.232. The monoisotopic (exact) mass is 188 g/mol. The van der Waals surface area contributed by atoms with E-state index in [4.69, 9.17) is 5.73 Å². The fraction of sp³-hybridized carbons (Fsp3) is 0.429. The summed E-state index contributed by atoms with van der Waals surface area (Å²) in [6.07, 6.45) is 3.22. The number of nitrogens with two attached hydrogens (primary N) is 1. The largest absolute Gasteiger partial charge is 0.384 e. The number of likely N-dealkylation sites (tertiary alicyclic amines) is 1. The molecule has 1 saturated heterocycles.